The molecule has 6 unspecified atom stereocenters. The lowest BCUT2D eigenvalue weighted by molar-refractivity contribution is -0.0570. The number of aliphatic hydroxyl groups is 6. The fraction of sp³-hybridized carbons (Fsp3) is 0.412. The molecule has 3 aliphatic rings. The lowest BCUT2D eigenvalue weighted by Gasteiger charge is -2.22. The molecule has 15 atom stereocenters. The number of nitrogens with zero attached hydrogens (tertiary/aromatic N) is 6. The predicted octanol–water partition coefficient (Wildman–Crippen LogP) is 0.530. The zero-order chi connectivity index (χ0) is 81.1. The topological polar surface area (TPSA) is 621 Å². The Hall–Kier alpha value is -4.61. The molecule has 3 aliphatic heterocycles. The van der Waals surface area contributed by atoms with Gasteiger partial charge in [0.2, 0.25) is 0 Å². The molecule has 6 aromatic rings. The number of aliphatic hydroxyl groups excluding tert-OH is 6. The maximum Gasteiger partial charge on any atom is 0.481 e. The van der Waals surface area contributed by atoms with E-state index in [2.05, 4.69) is 58.4 Å². The monoisotopic (exact) mass is 1910 g/mol. The molecule has 3 aromatic carbocycles. The number of alkyl halides is 2. The summed E-state index contributed by atoms with van der Waals surface area (Å²) in [6, 6.07) is 12.0. The summed E-state index contributed by atoms with van der Waals surface area (Å²) >= 11 is 7.42. The van der Waals surface area contributed by atoms with Crippen LogP contribution in [0.2, 0.25) is 0 Å². The van der Waals surface area contributed by atoms with E-state index in [9.17, 15) is 128 Å². The molecule has 57 heteroatoms. The molecule has 0 bridgehead atoms. The second-order valence-electron chi connectivity index (χ2n) is 22.5. The first-order chi connectivity index (χ1) is 49.7. The first-order valence-electron chi connectivity index (χ1n) is 29.3. The van der Waals surface area contributed by atoms with Crippen LogP contribution < -0.4 is 33.7 Å². The van der Waals surface area contributed by atoms with E-state index < -0.39 is 215 Å². The number of phosphoric ester groups is 3. The zero-order valence-electron chi connectivity index (χ0n) is 53.2. The van der Waals surface area contributed by atoms with Gasteiger partial charge in [-0.1, -0.05) is 42.5 Å². The van der Waals surface area contributed by atoms with Crippen molar-refractivity contribution in [3.8, 4) is 0 Å². The van der Waals surface area contributed by atoms with Crippen molar-refractivity contribution in [3.05, 3.63) is 200 Å². The van der Waals surface area contributed by atoms with Crippen LogP contribution in [0.1, 0.15) is 35.4 Å². The Morgan fingerprint density at radius 2 is 0.769 bits per heavy atom. The van der Waals surface area contributed by atoms with Gasteiger partial charge in [0.05, 0.1) is 38.9 Å². The third-order valence-corrected chi connectivity index (χ3v) is 23.2. The molecule has 9 rings (SSSR count). The van der Waals surface area contributed by atoms with Gasteiger partial charge in [0.15, 0.2) is 18.7 Å². The van der Waals surface area contributed by atoms with E-state index in [-0.39, 0.29) is 54.1 Å². The molecule has 0 aliphatic carbocycles. The summed E-state index contributed by atoms with van der Waals surface area (Å²) in [7, 11) is -32.2. The summed E-state index contributed by atoms with van der Waals surface area (Å²) in [4.78, 5) is 156. The van der Waals surface area contributed by atoms with Crippen LogP contribution in [0.15, 0.2) is 123 Å². The van der Waals surface area contributed by atoms with Crippen molar-refractivity contribution >= 4 is 101 Å². The van der Waals surface area contributed by atoms with Crippen LogP contribution in [0.4, 0.5) is 26.3 Å². The van der Waals surface area contributed by atoms with Crippen LogP contribution in [-0.2, 0) is 107 Å². The Morgan fingerprint density at radius 1 is 0.454 bits per heavy atom. The van der Waals surface area contributed by atoms with Crippen molar-refractivity contribution in [1.82, 2.24) is 27.4 Å². The minimum atomic E-state index is -5.43. The number of rotatable bonds is 27. The smallest absolute Gasteiger partial charge is 0.387 e. The molecule has 0 spiro atoms. The van der Waals surface area contributed by atoms with Crippen molar-refractivity contribution in [1.29, 1.82) is 0 Å². The van der Waals surface area contributed by atoms with E-state index in [1.807, 2.05) is 0 Å². The van der Waals surface area contributed by atoms with Gasteiger partial charge in [0, 0.05) is 49.4 Å². The number of benzene rings is 3. The van der Waals surface area contributed by atoms with Gasteiger partial charge in [-0.3, -0.25) is 55.4 Å². The van der Waals surface area contributed by atoms with Gasteiger partial charge in [0.1, 0.15) is 78.2 Å². The lowest BCUT2D eigenvalue weighted by atomic mass is 10.1. The Morgan fingerprint density at radius 3 is 1.10 bits per heavy atom. The van der Waals surface area contributed by atoms with E-state index in [4.69, 9.17) is 43.6 Å². The first-order valence-corrected chi connectivity index (χ1v) is 41.1. The zero-order valence-corrected chi connectivity index (χ0v) is 63.9. The van der Waals surface area contributed by atoms with Gasteiger partial charge in [-0.2, -0.15) is 21.7 Å². The van der Waals surface area contributed by atoms with Gasteiger partial charge < -0.3 is 88.9 Å². The van der Waals surface area contributed by atoms with E-state index in [0.29, 0.717) is 25.8 Å². The van der Waals surface area contributed by atoms with Gasteiger partial charge in [0.25, 0.3) is 22.6 Å². The number of ether oxygens (including phenoxy) is 3. The molecule has 3 fully saturated rings. The van der Waals surface area contributed by atoms with E-state index in [1.165, 1.54) is 18.2 Å². The Balaban J connectivity index is 0.000000226. The average Bonchev–Trinajstić information content (AvgIpc) is 1.56. The standard InChI is InChI=1S/2C17H19BrF2N2O12P2.C17H19F2IN2O12P2/c18-10-6-22(17(26)21(15(10)25)4-3-8-1-2-9(19)5-11(8)20)16-14(24)13(23)12(33-16)7-32-36(30,31)34-35(27,28)29;18-10-6-21(16(26)22(14(10)25)8-17(19,20)9-4-2-1-3-5-9)15-13(24)12(23)11(33-15)7-32-36(30,31)34-35(27,28)29;18-9-2-1-8(10(19)5-9)3-4-21-15(25)11(20)6-22(17(21)26)16-14(24)13(23)12(33-16)7-32-36(30,31)34-35(27,28)29/h1-2,5-6,12-14,16,23-24H,3-4,7H2,(H,30,31)(H2,27,28,29);1-6,11-13,15,23-24H,7-8H2,(H,30,31)(H2,27,28,29);1-2,5-6,12-14,16,23-24H,3-4,7H2,(H,30,31)(H2,27,28,29)/t12-,13+,14?,16-;11-,12+,13?,15-;12-,13+,14?,16-/m111/s1. The second-order valence-corrected chi connectivity index (χ2v) is 33.9. The van der Waals surface area contributed by atoms with E-state index >= 15 is 0 Å². The van der Waals surface area contributed by atoms with E-state index in [0.717, 1.165) is 64.1 Å². The normalized spacial score (nSPS) is 24.3. The van der Waals surface area contributed by atoms with Crippen molar-refractivity contribution in [3.63, 3.8) is 0 Å². The number of aromatic nitrogens is 6. The summed E-state index contributed by atoms with van der Waals surface area (Å²) in [5, 5.41) is 61.8. The SMILES string of the molecule is O=c1c(Br)cn([C@@H]2O[C@H](COP(=O)(O)OP(=O)(O)O)[C@H](O)C2O)c(=O)n1CC(F)(F)c1ccccc1.O=c1c(Br)cn([C@@H]2O[C@H](COP(=O)(O)OP(=O)(O)O)[C@H](O)C2O)c(=O)n1CCc1ccc(F)cc1F.O=c1c(I)cn([C@@H]2O[C@H](COP(=O)(O)OP(=O)(O)O)[C@H](O)C2O)c(=O)n1CCc1ccc(F)cc1F. The number of hydrogen-bond acceptors (Lipinski definition) is 27. The molecular weight excluding hydrogens is 1860 g/mol. The molecule has 0 amide bonds. The van der Waals surface area contributed by atoms with Crippen molar-refractivity contribution in [2.24, 2.45) is 0 Å². The minimum Gasteiger partial charge on any atom is -0.387 e. The quantitative estimate of drug-likeness (QED) is 0.0190. The molecule has 3 aromatic heterocycles. The van der Waals surface area contributed by atoms with Gasteiger partial charge >= 0.3 is 64.0 Å². The highest BCUT2D eigenvalue weighted by molar-refractivity contribution is 14.1. The van der Waals surface area contributed by atoms with Gasteiger partial charge in [-0.05, 0) is 90.6 Å². The molecule has 108 heavy (non-hydrogen) atoms. The molecule has 600 valence electrons. The molecule has 0 saturated carbocycles. The largest absolute Gasteiger partial charge is 0.481 e. The number of hydrogen-bond donors (Lipinski definition) is 15. The first kappa shape index (κ1) is 90.6. The van der Waals surface area contributed by atoms with Crippen LogP contribution >= 0.6 is 101 Å². The number of halogens is 9. The fourth-order valence-electron chi connectivity index (χ4n) is 10.00. The summed E-state index contributed by atoms with van der Waals surface area (Å²) in [5.74, 6) is -7.04. The Kier molecular flexibility index (Phi) is 30.4. The summed E-state index contributed by atoms with van der Waals surface area (Å²) in [6.45, 7) is -5.10. The molecular formula is C51H57Br2F6IN6O36P6. The van der Waals surface area contributed by atoms with Gasteiger partial charge in [-0.15, -0.1) is 0 Å². The van der Waals surface area contributed by atoms with Crippen molar-refractivity contribution in [2.45, 2.75) is 112 Å². The molecule has 42 nitrogen and oxygen atoms in total. The molecule has 6 heterocycles. The second kappa shape index (κ2) is 36.3. The Labute approximate surface area is 626 Å². The molecule has 15 N–H and O–H groups in total. The van der Waals surface area contributed by atoms with Crippen molar-refractivity contribution in [2.75, 3.05) is 19.8 Å². The van der Waals surface area contributed by atoms with Crippen LogP contribution in [0.5, 0.6) is 0 Å². The summed E-state index contributed by atoms with van der Waals surface area (Å²) in [5.41, 5.74) is -6.50. The van der Waals surface area contributed by atoms with Crippen LogP contribution in [0.3, 0.4) is 0 Å². The predicted molar refractivity (Wildman–Crippen MR) is 358 cm³/mol. The van der Waals surface area contributed by atoms with Gasteiger partial charge in [-0.25, -0.2) is 59.3 Å². The third-order valence-electron chi connectivity index (χ3n) is 14.9. The van der Waals surface area contributed by atoms with E-state index in [1.54, 1.807) is 22.6 Å². The maximum atomic E-state index is 14.8. The highest BCUT2D eigenvalue weighted by Crippen LogP contribution is 2.60. The number of phosphoric acid groups is 6. The minimum absolute atomic E-state index is 0.0185. The summed E-state index contributed by atoms with van der Waals surface area (Å²) < 4.78 is 194. The van der Waals surface area contributed by atoms with Crippen LogP contribution in [0, 0.1) is 26.8 Å². The molecule has 3 saturated heterocycles. The highest BCUT2D eigenvalue weighted by Gasteiger charge is 2.50. The fourth-order valence-corrected chi connectivity index (χ4v) is 16.3. The average molecular weight is 1920 g/mol. The maximum absolute atomic E-state index is 14.8. The Bertz CT molecular complexity index is 4770. The third kappa shape index (κ3) is 24.0. The van der Waals surface area contributed by atoms with Crippen molar-refractivity contribution < 1.29 is 169 Å². The molecule has 0 radical (unpaired) electrons. The highest BCUT2D eigenvalue weighted by atomic mass is 127. The lowest BCUT2D eigenvalue weighted by Crippen LogP contribution is -2.46. The summed E-state index contributed by atoms with van der Waals surface area (Å²) in [6.07, 6.45) is -18.5. The van der Waals surface area contributed by atoms with Crippen LogP contribution in [-0.4, -0.2) is 177 Å². The van der Waals surface area contributed by atoms with Crippen LogP contribution in [0.25, 0.3) is 0 Å². The number of aryl methyl sites for hydroxylation is 2.